The van der Waals surface area contributed by atoms with Gasteiger partial charge in [0.2, 0.25) is 0 Å². The van der Waals surface area contributed by atoms with Crippen molar-refractivity contribution >= 4 is 22.6 Å². The van der Waals surface area contributed by atoms with E-state index in [1.807, 2.05) is 0 Å². The maximum atomic E-state index is 8.29. The van der Waals surface area contributed by atoms with Crippen molar-refractivity contribution in [2.75, 3.05) is 0 Å². The van der Waals surface area contributed by atoms with Crippen LogP contribution in [0.3, 0.4) is 0 Å². The molecule has 0 aliphatic rings. The first-order chi connectivity index (χ1) is 4.81. The van der Waals surface area contributed by atoms with E-state index in [4.69, 9.17) is 5.26 Å². The Balaban J connectivity index is 3.10. The minimum absolute atomic E-state index is 0.720. The van der Waals surface area contributed by atoms with Gasteiger partial charge in [0.25, 0.3) is 0 Å². The highest BCUT2D eigenvalue weighted by molar-refractivity contribution is 14.1. The van der Waals surface area contributed by atoms with Crippen LogP contribution in [-0.4, -0.2) is 3.92 Å². The van der Waals surface area contributed by atoms with E-state index in [-0.39, 0.29) is 0 Å². The molecule has 0 fully saturated rings. The molecule has 0 aromatic rings. The zero-order valence-electron chi connectivity index (χ0n) is 6.44. The van der Waals surface area contributed by atoms with Crippen LogP contribution in [0.4, 0.5) is 0 Å². The summed E-state index contributed by atoms with van der Waals surface area (Å²) in [5.74, 6) is 0. The van der Waals surface area contributed by atoms with Crippen LogP contribution in [0.1, 0.15) is 39.0 Å². The van der Waals surface area contributed by atoms with E-state index in [1.165, 1.54) is 19.3 Å². The Morgan fingerprint density at radius 1 is 1.50 bits per heavy atom. The van der Waals surface area contributed by atoms with Crippen LogP contribution in [0.2, 0.25) is 0 Å². The van der Waals surface area contributed by atoms with E-state index in [0.29, 0.717) is 0 Å². The number of halogens is 1. The molecule has 0 aliphatic heterocycles. The summed E-state index contributed by atoms with van der Waals surface area (Å²) in [5, 5.41) is 8.29. The highest BCUT2D eigenvalue weighted by Gasteiger charge is 2.00. The lowest BCUT2D eigenvalue weighted by molar-refractivity contribution is 0.670. The van der Waals surface area contributed by atoms with Gasteiger partial charge in [-0.15, -0.1) is 0 Å². The Morgan fingerprint density at radius 3 is 2.70 bits per heavy atom. The fourth-order valence-electron chi connectivity index (χ4n) is 0.791. The van der Waals surface area contributed by atoms with Crippen molar-refractivity contribution in [1.82, 2.24) is 0 Å². The highest BCUT2D eigenvalue weighted by Crippen LogP contribution is 2.15. The normalized spacial score (nSPS) is 12.5. The van der Waals surface area contributed by atoms with E-state index >= 15 is 0 Å². The van der Waals surface area contributed by atoms with Crippen molar-refractivity contribution in [2.45, 2.75) is 43.0 Å². The van der Waals surface area contributed by atoms with Crippen molar-refractivity contribution in [3.8, 4) is 6.07 Å². The van der Waals surface area contributed by atoms with Crippen molar-refractivity contribution in [3.63, 3.8) is 0 Å². The van der Waals surface area contributed by atoms with Crippen molar-refractivity contribution in [3.05, 3.63) is 0 Å². The molecule has 0 N–H and O–H groups in total. The van der Waals surface area contributed by atoms with E-state index < -0.39 is 0 Å². The Bertz CT molecular complexity index is 106. The molecule has 0 saturated carbocycles. The van der Waals surface area contributed by atoms with Gasteiger partial charge in [-0.25, -0.2) is 0 Å². The molecular weight excluding hydrogens is 237 g/mol. The van der Waals surface area contributed by atoms with Crippen LogP contribution >= 0.6 is 22.6 Å². The van der Waals surface area contributed by atoms with Gasteiger partial charge in [0, 0.05) is 10.3 Å². The molecule has 2 heteroatoms. The quantitative estimate of drug-likeness (QED) is 0.543. The smallest absolute Gasteiger partial charge is 0.0622 e. The zero-order valence-corrected chi connectivity index (χ0v) is 8.60. The third-order valence-corrected chi connectivity index (χ3v) is 2.69. The van der Waals surface area contributed by atoms with E-state index in [0.717, 1.165) is 16.8 Å². The first-order valence-electron chi connectivity index (χ1n) is 3.82. The fourth-order valence-corrected chi connectivity index (χ4v) is 1.54. The summed E-state index contributed by atoms with van der Waals surface area (Å²) in [4.78, 5) is 0. The van der Waals surface area contributed by atoms with Crippen LogP contribution in [0, 0.1) is 11.3 Å². The molecule has 1 nitrogen and oxygen atoms in total. The number of nitrogens with zero attached hydrogens (tertiary/aromatic N) is 1. The molecule has 0 radical (unpaired) electrons. The molecule has 1 unspecified atom stereocenters. The zero-order chi connectivity index (χ0) is 7.82. The topological polar surface area (TPSA) is 23.8 Å². The molecule has 0 bridgehead atoms. The first kappa shape index (κ1) is 10.2. The third kappa shape index (κ3) is 6.34. The molecule has 58 valence electrons. The van der Waals surface area contributed by atoms with Gasteiger partial charge in [-0.2, -0.15) is 5.26 Å². The molecule has 1 atom stereocenters. The molecule has 10 heavy (non-hydrogen) atoms. The van der Waals surface area contributed by atoms with Gasteiger partial charge >= 0.3 is 0 Å². The minimum Gasteiger partial charge on any atom is -0.198 e. The maximum Gasteiger partial charge on any atom is 0.0622 e. The predicted molar refractivity (Wildman–Crippen MR) is 52.2 cm³/mol. The van der Waals surface area contributed by atoms with Crippen molar-refractivity contribution < 1.29 is 0 Å². The monoisotopic (exact) mass is 251 g/mol. The highest BCUT2D eigenvalue weighted by atomic mass is 127. The largest absolute Gasteiger partial charge is 0.198 e. The summed E-state index contributed by atoms with van der Waals surface area (Å²) < 4.78 is 0.720. The van der Waals surface area contributed by atoms with E-state index in [2.05, 4.69) is 35.6 Å². The molecule has 0 aliphatic carbocycles. The Hall–Kier alpha value is 0.220. The number of rotatable bonds is 5. The van der Waals surface area contributed by atoms with Crippen LogP contribution in [0.25, 0.3) is 0 Å². The SMILES string of the molecule is CCCCC(I)CCC#N. The number of unbranched alkanes of at least 4 members (excludes halogenated alkanes) is 1. The summed E-state index contributed by atoms with van der Waals surface area (Å²) in [7, 11) is 0. The maximum absolute atomic E-state index is 8.29. The molecule has 0 aromatic carbocycles. The molecule has 0 rings (SSSR count). The Kier molecular flexibility index (Phi) is 7.49. The van der Waals surface area contributed by atoms with Crippen molar-refractivity contribution in [1.29, 1.82) is 5.26 Å². The van der Waals surface area contributed by atoms with Gasteiger partial charge in [-0.3, -0.25) is 0 Å². The fraction of sp³-hybridized carbons (Fsp3) is 0.875. The predicted octanol–water partition coefficient (Wildman–Crippen LogP) is 3.28. The first-order valence-corrected chi connectivity index (χ1v) is 5.06. The van der Waals surface area contributed by atoms with Crippen LogP contribution in [0.5, 0.6) is 0 Å². The van der Waals surface area contributed by atoms with E-state index in [9.17, 15) is 0 Å². The molecule has 0 saturated heterocycles. The lowest BCUT2D eigenvalue weighted by atomic mass is 10.1. The van der Waals surface area contributed by atoms with Crippen LogP contribution in [0.15, 0.2) is 0 Å². The number of alkyl halides is 1. The second-order valence-electron chi connectivity index (χ2n) is 2.44. The van der Waals surface area contributed by atoms with Crippen LogP contribution < -0.4 is 0 Å². The standard InChI is InChI=1S/C8H14IN/c1-2-3-5-8(9)6-4-7-10/h8H,2-6H2,1H3. The molecule has 0 spiro atoms. The lowest BCUT2D eigenvalue weighted by Crippen LogP contribution is -1.95. The molecule has 0 aromatic heterocycles. The minimum atomic E-state index is 0.720. The summed E-state index contributed by atoms with van der Waals surface area (Å²) in [5.41, 5.74) is 0. The summed E-state index contributed by atoms with van der Waals surface area (Å²) in [6.45, 7) is 2.20. The number of hydrogen-bond acceptors (Lipinski definition) is 1. The third-order valence-electron chi connectivity index (χ3n) is 1.44. The molecular formula is C8H14IN. The van der Waals surface area contributed by atoms with Gasteiger partial charge in [-0.05, 0) is 12.8 Å². The average molecular weight is 251 g/mol. The number of nitriles is 1. The summed E-state index contributed by atoms with van der Waals surface area (Å²) in [6, 6.07) is 2.17. The summed E-state index contributed by atoms with van der Waals surface area (Å²) >= 11 is 2.44. The van der Waals surface area contributed by atoms with Gasteiger partial charge in [0.05, 0.1) is 6.07 Å². The van der Waals surface area contributed by atoms with Crippen LogP contribution in [-0.2, 0) is 0 Å². The lowest BCUT2D eigenvalue weighted by Gasteiger charge is -2.04. The van der Waals surface area contributed by atoms with E-state index in [1.54, 1.807) is 0 Å². The van der Waals surface area contributed by atoms with Gasteiger partial charge in [0.15, 0.2) is 0 Å². The van der Waals surface area contributed by atoms with Gasteiger partial charge < -0.3 is 0 Å². The average Bonchev–Trinajstić information content (AvgIpc) is 1.97. The Morgan fingerprint density at radius 2 is 2.20 bits per heavy atom. The van der Waals surface area contributed by atoms with Gasteiger partial charge in [-0.1, -0.05) is 42.4 Å². The van der Waals surface area contributed by atoms with Crippen molar-refractivity contribution in [2.24, 2.45) is 0 Å². The number of hydrogen-bond donors (Lipinski definition) is 0. The second kappa shape index (κ2) is 7.33. The molecule has 0 amide bonds. The summed E-state index contributed by atoms with van der Waals surface area (Å²) in [6.07, 6.45) is 5.64. The molecule has 0 heterocycles. The Labute approximate surface area is 76.9 Å². The second-order valence-corrected chi connectivity index (χ2v) is 4.20. The van der Waals surface area contributed by atoms with Gasteiger partial charge in [0.1, 0.15) is 0 Å².